The van der Waals surface area contributed by atoms with Crippen LogP contribution in [0.15, 0.2) is 0 Å². The summed E-state index contributed by atoms with van der Waals surface area (Å²) in [5.74, 6) is 0.753. The molecule has 30 heavy (non-hydrogen) atoms. The molecule has 182 valence electrons. The van der Waals surface area contributed by atoms with Crippen LogP contribution in [0.1, 0.15) is 175 Å². The fourth-order valence-electron chi connectivity index (χ4n) is 5.12. The van der Waals surface area contributed by atoms with Crippen LogP contribution >= 0.6 is 0 Å². The van der Waals surface area contributed by atoms with Crippen molar-refractivity contribution in [3.63, 3.8) is 0 Å². The quantitative estimate of drug-likeness (QED) is 0.153. The highest BCUT2D eigenvalue weighted by Gasteiger charge is 2.32. The lowest BCUT2D eigenvalue weighted by Crippen LogP contribution is -2.47. The van der Waals surface area contributed by atoms with Crippen LogP contribution in [0, 0.1) is 5.92 Å². The van der Waals surface area contributed by atoms with E-state index >= 15 is 0 Å². The van der Waals surface area contributed by atoms with Crippen molar-refractivity contribution in [1.29, 1.82) is 0 Å². The Bertz CT molecular complexity index is 316. The second-order valence-electron chi connectivity index (χ2n) is 10.3. The Balaban J connectivity index is 4.02. The average Bonchev–Trinajstić information content (AvgIpc) is 2.76. The van der Waals surface area contributed by atoms with E-state index in [1.165, 1.54) is 148 Å². The Kier molecular flexibility index (Phi) is 22.1. The van der Waals surface area contributed by atoms with E-state index in [4.69, 9.17) is 5.73 Å². The Hall–Kier alpha value is -0.0400. The molecule has 0 rings (SSSR count). The molecule has 0 fully saturated rings. The second-order valence-corrected chi connectivity index (χ2v) is 10.3. The number of hydrogen-bond acceptors (Lipinski definition) is 1. The van der Waals surface area contributed by atoms with Crippen molar-refractivity contribution in [2.45, 2.75) is 181 Å². The molecule has 1 heteroatoms. The van der Waals surface area contributed by atoms with E-state index in [9.17, 15) is 0 Å². The molecule has 0 spiro atoms. The lowest BCUT2D eigenvalue weighted by Gasteiger charge is -2.39. The summed E-state index contributed by atoms with van der Waals surface area (Å²) in [6.07, 6.45) is 31.9. The first-order valence-corrected chi connectivity index (χ1v) is 14.4. The first-order chi connectivity index (χ1) is 14.6. The summed E-state index contributed by atoms with van der Waals surface area (Å²) in [7, 11) is 0. The molecule has 0 aromatic heterocycles. The molecule has 0 saturated heterocycles. The third-order valence-electron chi connectivity index (χ3n) is 7.37. The van der Waals surface area contributed by atoms with E-state index in [-0.39, 0.29) is 5.54 Å². The summed E-state index contributed by atoms with van der Waals surface area (Å²) in [5, 5.41) is 0. The molecule has 0 amide bonds. The second kappa shape index (κ2) is 22.2. The highest BCUT2D eigenvalue weighted by molar-refractivity contribution is 4.91. The molecule has 0 aliphatic rings. The van der Waals surface area contributed by atoms with Crippen LogP contribution in [0.5, 0.6) is 0 Å². The average molecular weight is 424 g/mol. The van der Waals surface area contributed by atoms with Crippen LogP contribution in [-0.4, -0.2) is 5.54 Å². The van der Waals surface area contributed by atoms with Gasteiger partial charge in [-0.15, -0.1) is 0 Å². The molecule has 0 heterocycles. The van der Waals surface area contributed by atoms with Crippen molar-refractivity contribution in [3.8, 4) is 0 Å². The van der Waals surface area contributed by atoms with E-state index in [2.05, 4.69) is 27.7 Å². The number of hydrogen-bond donors (Lipinski definition) is 1. The van der Waals surface area contributed by atoms with Gasteiger partial charge in [0.1, 0.15) is 0 Å². The van der Waals surface area contributed by atoms with Crippen LogP contribution in [0.3, 0.4) is 0 Å². The minimum Gasteiger partial charge on any atom is -0.325 e. The van der Waals surface area contributed by atoms with Gasteiger partial charge in [0.2, 0.25) is 0 Å². The predicted molar refractivity (Wildman–Crippen MR) is 139 cm³/mol. The predicted octanol–water partition coefficient (Wildman–Crippen LogP) is 10.4. The molecule has 0 aliphatic carbocycles. The van der Waals surface area contributed by atoms with Gasteiger partial charge in [0.25, 0.3) is 0 Å². The van der Waals surface area contributed by atoms with Gasteiger partial charge in [0.15, 0.2) is 0 Å². The van der Waals surface area contributed by atoms with Crippen molar-refractivity contribution in [2.24, 2.45) is 11.7 Å². The summed E-state index contributed by atoms with van der Waals surface area (Å²) in [5.41, 5.74) is 7.21. The van der Waals surface area contributed by atoms with Crippen molar-refractivity contribution in [3.05, 3.63) is 0 Å². The molecule has 1 nitrogen and oxygen atoms in total. The summed E-state index contributed by atoms with van der Waals surface area (Å²) in [4.78, 5) is 0. The maximum Gasteiger partial charge on any atom is 0.0182 e. The van der Waals surface area contributed by atoms with E-state index < -0.39 is 0 Å². The molecule has 1 atom stereocenters. The van der Waals surface area contributed by atoms with Gasteiger partial charge in [-0.05, 0) is 31.6 Å². The molecule has 0 bridgehead atoms. The number of rotatable bonds is 24. The van der Waals surface area contributed by atoms with Gasteiger partial charge in [-0.25, -0.2) is 0 Å². The van der Waals surface area contributed by atoms with E-state index in [1.807, 2.05) is 0 Å². The standard InChI is InChI=1S/C29H61N/c1-5-9-13-14-15-16-17-18-19-20-21-22-23-25-28(24-10-6-2)29(30,26-11-7-3)27-12-8-4/h28H,5-27,30H2,1-4H3. The van der Waals surface area contributed by atoms with Crippen LogP contribution in [-0.2, 0) is 0 Å². The van der Waals surface area contributed by atoms with Gasteiger partial charge in [0.05, 0.1) is 0 Å². The van der Waals surface area contributed by atoms with Crippen LogP contribution in [0.25, 0.3) is 0 Å². The zero-order chi connectivity index (χ0) is 22.3. The topological polar surface area (TPSA) is 26.0 Å². The van der Waals surface area contributed by atoms with E-state index in [1.54, 1.807) is 0 Å². The molecule has 0 saturated carbocycles. The highest BCUT2D eigenvalue weighted by Crippen LogP contribution is 2.34. The van der Waals surface area contributed by atoms with Gasteiger partial charge in [-0.1, -0.05) is 150 Å². The Morgan fingerprint density at radius 1 is 0.433 bits per heavy atom. The molecule has 0 aromatic rings. The summed E-state index contributed by atoms with van der Waals surface area (Å²) in [6.45, 7) is 9.26. The lowest BCUT2D eigenvalue weighted by atomic mass is 9.72. The van der Waals surface area contributed by atoms with Crippen molar-refractivity contribution in [2.75, 3.05) is 0 Å². The maximum atomic E-state index is 7.10. The molecule has 1 unspecified atom stereocenters. The summed E-state index contributed by atoms with van der Waals surface area (Å²) in [6, 6.07) is 0. The smallest absolute Gasteiger partial charge is 0.0182 e. The molecular formula is C29H61N. The fourth-order valence-corrected chi connectivity index (χ4v) is 5.12. The Morgan fingerprint density at radius 2 is 0.767 bits per heavy atom. The number of unbranched alkanes of at least 4 members (excludes halogenated alkanes) is 15. The number of nitrogens with two attached hydrogens (primary N) is 1. The SMILES string of the molecule is CCCCCCCCCCCCCCCC(CCCC)C(N)(CCCC)CCCC. The van der Waals surface area contributed by atoms with Gasteiger partial charge >= 0.3 is 0 Å². The van der Waals surface area contributed by atoms with Gasteiger partial charge in [0, 0.05) is 5.54 Å². The molecule has 2 N–H and O–H groups in total. The Morgan fingerprint density at radius 3 is 1.17 bits per heavy atom. The van der Waals surface area contributed by atoms with Crippen molar-refractivity contribution in [1.82, 2.24) is 0 Å². The minimum absolute atomic E-state index is 0.109. The maximum absolute atomic E-state index is 7.10. The monoisotopic (exact) mass is 423 g/mol. The highest BCUT2D eigenvalue weighted by atomic mass is 14.8. The molecule has 0 radical (unpaired) electrons. The van der Waals surface area contributed by atoms with Crippen LogP contribution < -0.4 is 5.73 Å². The molecule has 0 aromatic carbocycles. The molecular weight excluding hydrogens is 362 g/mol. The Labute approximate surface area is 192 Å². The van der Waals surface area contributed by atoms with Crippen LogP contribution in [0.4, 0.5) is 0 Å². The van der Waals surface area contributed by atoms with Crippen molar-refractivity contribution >= 4 is 0 Å². The van der Waals surface area contributed by atoms with Crippen LogP contribution in [0.2, 0.25) is 0 Å². The summed E-state index contributed by atoms with van der Waals surface area (Å²) >= 11 is 0. The van der Waals surface area contributed by atoms with E-state index in [0.29, 0.717) is 0 Å². The first kappa shape index (κ1) is 30.0. The van der Waals surface area contributed by atoms with Gasteiger partial charge in [-0.2, -0.15) is 0 Å². The summed E-state index contributed by atoms with van der Waals surface area (Å²) < 4.78 is 0. The normalized spacial score (nSPS) is 13.1. The minimum atomic E-state index is 0.109. The third-order valence-corrected chi connectivity index (χ3v) is 7.37. The zero-order valence-corrected chi connectivity index (χ0v) is 21.9. The zero-order valence-electron chi connectivity index (χ0n) is 21.9. The first-order valence-electron chi connectivity index (χ1n) is 14.4. The van der Waals surface area contributed by atoms with Crippen molar-refractivity contribution < 1.29 is 0 Å². The van der Waals surface area contributed by atoms with Gasteiger partial charge in [-0.3, -0.25) is 0 Å². The largest absolute Gasteiger partial charge is 0.325 e. The van der Waals surface area contributed by atoms with E-state index in [0.717, 1.165) is 5.92 Å². The third kappa shape index (κ3) is 16.6. The fraction of sp³-hybridized carbons (Fsp3) is 1.00. The van der Waals surface area contributed by atoms with Gasteiger partial charge < -0.3 is 5.73 Å². The lowest BCUT2D eigenvalue weighted by molar-refractivity contribution is 0.193. The molecule has 0 aliphatic heterocycles.